The second kappa shape index (κ2) is 8.00. The Hall–Kier alpha value is -3.89. The SMILES string of the molecule is C#C/C(=C\C(C=O)=C(/C)c1cccc2ccccc12)c1cccc2ccccc12. The summed E-state index contributed by atoms with van der Waals surface area (Å²) >= 11 is 0. The molecule has 0 amide bonds. The fourth-order valence-electron chi connectivity index (χ4n) is 3.75. The van der Waals surface area contributed by atoms with Crippen LogP contribution in [0, 0.1) is 12.3 Å². The van der Waals surface area contributed by atoms with Crippen molar-refractivity contribution in [3.8, 4) is 12.3 Å². The second-order valence-electron chi connectivity index (χ2n) is 6.95. The van der Waals surface area contributed by atoms with E-state index in [1.165, 1.54) is 0 Å². The lowest BCUT2D eigenvalue weighted by molar-refractivity contribution is -0.104. The van der Waals surface area contributed by atoms with Crippen LogP contribution in [0.25, 0.3) is 32.7 Å². The van der Waals surface area contributed by atoms with Crippen molar-refractivity contribution in [3.05, 3.63) is 108 Å². The number of carbonyl (C=O) groups is 1. The summed E-state index contributed by atoms with van der Waals surface area (Å²) in [4.78, 5) is 12.0. The van der Waals surface area contributed by atoms with Gasteiger partial charge >= 0.3 is 0 Å². The highest BCUT2D eigenvalue weighted by atomic mass is 16.1. The van der Waals surface area contributed by atoms with Gasteiger partial charge in [-0.05, 0) is 51.2 Å². The minimum absolute atomic E-state index is 0.585. The normalized spacial score (nSPS) is 12.5. The van der Waals surface area contributed by atoms with Crippen molar-refractivity contribution in [1.82, 2.24) is 0 Å². The molecule has 4 aromatic rings. The number of rotatable bonds is 4. The number of benzene rings is 4. The third kappa shape index (κ3) is 3.49. The number of hydrogen-bond donors (Lipinski definition) is 0. The number of aldehydes is 1. The summed E-state index contributed by atoms with van der Waals surface area (Å²) in [5.41, 5.74) is 4.18. The Balaban J connectivity index is 1.91. The minimum Gasteiger partial charge on any atom is -0.298 e. The summed E-state index contributed by atoms with van der Waals surface area (Å²) < 4.78 is 0. The Bertz CT molecular complexity index is 1320. The van der Waals surface area contributed by atoms with Crippen LogP contribution in [0.1, 0.15) is 18.1 Å². The van der Waals surface area contributed by atoms with E-state index in [0.717, 1.165) is 44.5 Å². The Kier molecular flexibility index (Phi) is 5.10. The number of fused-ring (bicyclic) bond motifs is 2. The molecule has 4 rings (SSSR count). The van der Waals surface area contributed by atoms with Gasteiger partial charge in [0.1, 0.15) is 6.29 Å². The van der Waals surface area contributed by atoms with E-state index < -0.39 is 0 Å². The molecule has 0 aliphatic heterocycles. The van der Waals surface area contributed by atoms with Crippen molar-refractivity contribution in [2.45, 2.75) is 6.92 Å². The zero-order chi connectivity index (χ0) is 20.2. The molecule has 0 aliphatic rings. The standard InChI is InChI=1S/C28H20O/c1-3-21(26-17-9-13-23-11-5-7-15-28(23)26)18-24(19-29)20(2)25-16-8-12-22-10-4-6-14-27(22)25/h1,4-19H,2H3/b21-18+,24-20-. The van der Waals surface area contributed by atoms with E-state index >= 15 is 0 Å². The van der Waals surface area contributed by atoms with E-state index in [1.54, 1.807) is 0 Å². The number of carbonyl (C=O) groups excluding carboxylic acids is 1. The van der Waals surface area contributed by atoms with Crippen molar-refractivity contribution >= 4 is 39.0 Å². The van der Waals surface area contributed by atoms with Crippen LogP contribution in [0.2, 0.25) is 0 Å². The van der Waals surface area contributed by atoms with Crippen LogP contribution in [-0.4, -0.2) is 6.29 Å². The van der Waals surface area contributed by atoms with E-state index in [4.69, 9.17) is 6.42 Å². The predicted octanol–water partition coefficient (Wildman–Crippen LogP) is 6.68. The second-order valence-corrected chi connectivity index (χ2v) is 6.95. The smallest absolute Gasteiger partial charge is 0.150 e. The molecule has 0 fully saturated rings. The Morgan fingerprint density at radius 2 is 1.28 bits per heavy atom. The summed E-state index contributed by atoms with van der Waals surface area (Å²) in [6.07, 6.45) is 8.59. The topological polar surface area (TPSA) is 17.1 Å². The maximum Gasteiger partial charge on any atom is 0.150 e. The number of hydrogen-bond acceptors (Lipinski definition) is 1. The first kappa shape index (κ1) is 18.5. The van der Waals surface area contributed by atoms with Gasteiger partial charge in [0.05, 0.1) is 0 Å². The maximum atomic E-state index is 12.0. The molecule has 0 aromatic heterocycles. The quantitative estimate of drug-likeness (QED) is 0.169. The highest BCUT2D eigenvalue weighted by molar-refractivity contribution is 6.04. The van der Waals surface area contributed by atoms with Gasteiger partial charge in [-0.25, -0.2) is 0 Å². The first-order valence-electron chi connectivity index (χ1n) is 9.53. The van der Waals surface area contributed by atoms with Crippen LogP contribution in [0.5, 0.6) is 0 Å². The first-order chi connectivity index (χ1) is 14.2. The van der Waals surface area contributed by atoms with Gasteiger partial charge in [-0.1, -0.05) is 90.8 Å². The number of terminal acetylenes is 1. The van der Waals surface area contributed by atoms with Crippen LogP contribution < -0.4 is 0 Å². The molecule has 0 N–H and O–H groups in total. The molecular weight excluding hydrogens is 352 g/mol. The lowest BCUT2D eigenvalue weighted by Gasteiger charge is -2.10. The van der Waals surface area contributed by atoms with E-state index in [0.29, 0.717) is 11.1 Å². The zero-order valence-electron chi connectivity index (χ0n) is 16.2. The van der Waals surface area contributed by atoms with Crippen LogP contribution in [0.15, 0.2) is 96.6 Å². The van der Waals surface area contributed by atoms with Gasteiger partial charge in [-0.2, -0.15) is 0 Å². The van der Waals surface area contributed by atoms with Crippen molar-refractivity contribution in [2.24, 2.45) is 0 Å². The molecule has 0 saturated carbocycles. The van der Waals surface area contributed by atoms with Crippen LogP contribution in [0.4, 0.5) is 0 Å². The molecule has 0 saturated heterocycles. The van der Waals surface area contributed by atoms with E-state index in [-0.39, 0.29) is 0 Å². The van der Waals surface area contributed by atoms with E-state index in [1.807, 2.05) is 61.5 Å². The summed E-state index contributed by atoms with van der Waals surface area (Å²) in [6.45, 7) is 1.97. The molecule has 0 atom stereocenters. The molecule has 0 heterocycles. The summed E-state index contributed by atoms with van der Waals surface area (Å²) in [5.74, 6) is 2.79. The Labute approximate surface area is 171 Å². The minimum atomic E-state index is 0.585. The molecule has 1 nitrogen and oxygen atoms in total. The molecule has 0 spiro atoms. The monoisotopic (exact) mass is 372 g/mol. The average molecular weight is 372 g/mol. The summed E-state index contributed by atoms with van der Waals surface area (Å²) in [5, 5.41) is 4.46. The van der Waals surface area contributed by atoms with Gasteiger partial charge in [0.25, 0.3) is 0 Å². The average Bonchev–Trinajstić information content (AvgIpc) is 2.79. The third-order valence-electron chi connectivity index (χ3n) is 5.29. The molecule has 29 heavy (non-hydrogen) atoms. The molecule has 0 unspecified atom stereocenters. The fourth-order valence-corrected chi connectivity index (χ4v) is 3.75. The van der Waals surface area contributed by atoms with Crippen molar-refractivity contribution in [2.75, 3.05) is 0 Å². The van der Waals surface area contributed by atoms with Gasteiger partial charge in [-0.15, -0.1) is 6.42 Å². The highest BCUT2D eigenvalue weighted by Crippen LogP contribution is 2.30. The lowest BCUT2D eigenvalue weighted by Crippen LogP contribution is -1.92. The Morgan fingerprint density at radius 1 is 0.759 bits per heavy atom. The summed E-state index contributed by atoms with van der Waals surface area (Å²) in [6, 6.07) is 28.5. The van der Waals surface area contributed by atoms with Crippen LogP contribution in [-0.2, 0) is 4.79 Å². The van der Waals surface area contributed by atoms with Crippen LogP contribution >= 0.6 is 0 Å². The van der Waals surface area contributed by atoms with Gasteiger partial charge in [0, 0.05) is 11.1 Å². The molecule has 138 valence electrons. The van der Waals surface area contributed by atoms with Gasteiger partial charge in [-0.3, -0.25) is 4.79 Å². The lowest BCUT2D eigenvalue weighted by atomic mass is 9.93. The van der Waals surface area contributed by atoms with E-state index in [9.17, 15) is 4.79 Å². The van der Waals surface area contributed by atoms with Gasteiger partial charge < -0.3 is 0 Å². The third-order valence-corrected chi connectivity index (χ3v) is 5.29. The van der Waals surface area contributed by atoms with Crippen LogP contribution in [0.3, 0.4) is 0 Å². The Morgan fingerprint density at radius 3 is 1.86 bits per heavy atom. The van der Waals surface area contributed by atoms with Crippen molar-refractivity contribution in [1.29, 1.82) is 0 Å². The summed E-state index contributed by atoms with van der Waals surface area (Å²) in [7, 11) is 0. The molecule has 0 aliphatic carbocycles. The largest absolute Gasteiger partial charge is 0.298 e. The van der Waals surface area contributed by atoms with Crippen molar-refractivity contribution in [3.63, 3.8) is 0 Å². The van der Waals surface area contributed by atoms with E-state index in [2.05, 4.69) is 42.3 Å². The van der Waals surface area contributed by atoms with Gasteiger partial charge in [0.15, 0.2) is 0 Å². The molecule has 4 aromatic carbocycles. The number of allylic oxidation sites excluding steroid dienone is 4. The van der Waals surface area contributed by atoms with Gasteiger partial charge in [0.2, 0.25) is 0 Å². The molecule has 0 radical (unpaired) electrons. The zero-order valence-corrected chi connectivity index (χ0v) is 16.2. The van der Waals surface area contributed by atoms with Crippen molar-refractivity contribution < 1.29 is 4.79 Å². The molecule has 1 heteroatoms. The first-order valence-corrected chi connectivity index (χ1v) is 9.53. The fraction of sp³-hybridized carbons (Fsp3) is 0.0357. The molecular formula is C28H20O. The maximum absolute atomic E-state index is 12.0. The molecule has 0 bridgehead atoms. The predicted molar refractivity (Wildman–Crippen MR) is 123 cm³/mol. The highest BCUT2D eigenvalue weighted by Gasteiger charge is 2.10.